The molecule has 0 aromatic rings. The second-order valence-corrected chi connectivity index (χ2v) is 4.93. The monoisotopic (exact) mass is 301 g/mol. The Morgan fingerprint density at radius 1 is 1.29 bits per heavy atom. The second kappa shape index (κ2) is 9.93. The van der Waals surface area contributed by atoms with Gasteiger partial charge in [0.05, 0.1) is 6.61 Å². The number of carboxylic acid groups (broad SMARTS) is 1. The highest BCUT2D eigenvalue weighted by atomic mass is 16.5. The number of hydrogen-bond donors (Lipinski definition) is 3. The number of rotatable bonds is 9. The van der Waals surface area contributed by atoms with Gasteiger partial charge in [0.1, 0.15) is 12.1 Å². The molecule has 0 aliphatic carbocycles. The third-order valence-electron chi connectivity index (χ3n) is 2.52. The zero-order chi connectivity index (χ0) is 16.4. The molecule has 0 rings (SSSR count). The van der Waals surface area contributed by atoms with Crippen molar-refractivity contribution in [1.82, 2.24) is 5.32 Å². The highest BCUT2D eigenvalue weighted by Gasteiger charge is 2.23. The van der Waals surface area contributed by atoms with E-state index in [4.69, 9.17) is 5.11 Å². The molecule has 0 saturated carbocycles. The highest BCUT2D eigenvalue weighted by Crippen LogP contribution is 2.05. The van der Waals surface area contributed by atoms with E-state index in [2.05, 4.69) is 10.1 Å². The van der Waals surface area contributed by atoms with Crippen molar-refractivity contribution in [3.8, 4) is 0 Å². The van der Waals surface area contributed by atoms with Crippen molar-refractivity contribution in [2.24, 2.45) is 5.92 Å². The molecule has 2 atom stereocenters. The quantitative estimate of drug-likeness (QED) is 0.421. The third-order valence-corrected chi connectivity index (χ3v) is 2.52. The number of aliphatic hydroxyl groups is 1. The van der Waals surface area contributed by atoms with Crippen LogP contribution in [-0.2, 0) is 19.1 Å². The van der Waals surface area contributed by atoms with E-state index in [1.54, 1.807) is 6.92 Å². The molecular weight excluding hydrogens is 278 g/mol. The molecule has 0 aromatic heterocycles. The summed E-state index contributed by atoms with van der Waals surface area (Å²) in [5, 5.41) is 20.8. The van der Waals surface area contributed by atoms with Crippen LogP contribution < -0.4 is 5.32 Å². The molecule has 7 heteroatoms. The molecule has 0 radical (unpaired) electrons. The number of hydrogen-bond acceptors (Lipinski definition) is 5. The zero-order valence-corrected chi connectivity index (χ0v) is 12.5. The predicted octanol–water partition coefficient (Wildman–Crippen LogP) is 0.472. The van der Waals surface area contributed by atoms with E-state index in [9.17, 15) is 19.5 Å². The van der Waals surface area contributed by atoms with E-state index < -0.39 is 30.0 Å². The Kier molecular flexibility index (Phi) is 9.03. The van der Waals surface area contributed by atoms with Crippen LogP contribution in [0.2, 0.25) is 0 Å². The maximum atomic E-state index is 11.7. The molecule has 7 nitrogen and oxygen atoms in total. The number of amides is 1. The van der Waals surface area contributed by atoms with Gasteiger partial charge in [-0.05, 0) is 25.7 Å². The topological polar surface area (TPSA) is 113 Å². The lowest BCUT2D eigenvalue weighted by Gasteiger charge is -2.17. The van der Waals surface area contributed by atoms with Crippen molar-refractivity contribution < 1.29 is 29.3 Å². The van der Waals surface area contributed by atoms with Crippen LogP contribution in [0, 0.1) is 5.92 Å². The van der Waals surface area contributed by atoms with Gasteiger partial charge in [0.25, 0.3) is 0 Å². The summed E-state index contributed by atoms with van der Waals surface area (Å²) in [6.45, 7) is 5.56. The van der Waals surface area contributed by atoms with E-state index in [0.717, 1.165) is 6.08 Å². The minimum absolute atomic E-state index is 0.0751. The highest BCUT2D eigenvalue weighted by molar-refractivity contribution is 5.86. The summed E-state index contributed by atoms with van der Waals surface area (Å²) < 4.78 is 4.65. The number of carbonyl (C=O) groups is 3. The van der Waals surface area contributed by atoms with Crippen LogP contribution in [0.25, 0.3) is 0 Å². The smallest absolute Gasteiger partial charge is 0.330 e. The Morgan fingerprint density at radius 2 is 1.90 bits per heavy atom. The Hall–Kier alpha value is -1.89. The maximum absolute atomic E-state index is 11.7. The summed E-state index contributed by atoms with van der Waals surface area (Å²) in [6, 6.07) is -1.20. The van der Waals surface area contributed by atoms with Gasteiger partial charge in [-0.1, -0.05) is 19.9 Å². The third kappa shape index (κ3) is 8.80. The SMILES string of the molecule is CCOC(=O)/C=C/C[C@H](NC(=O)[C@@H](O)CC(C)C)C(=O)O. The van der Waals surface area contributed by atoms with Crippen molar-refractivity contribution in [3.63, 3.8) is 0 Å². The molecule has 120 valence electrons. The Bertz CT molecular complexity index is 391. The van der Waals surface area contributed by atoms with Gasteiger partial charge in [0.15, 0.2) is 0 Å². The largest absolute Gasteiger partial charge is 0.480 e. The number of aliphatic hydroxyl groups excluding tert-OH is 1. The zero-order valence-electron chi connectivity index (χ0n) is 12.5. The average Bonchev–Trinajstić information content (AvgIpc) is 2.36. The second-order valence-electron chi connectivity index (χ2n) is 4.93. The summed E-state index contributed by atoms with van der Waals surface area (Å²) in [5.41, 5.74) is 0. The molecule has 21 heavy (non-hydrogen) atoms. The summed E-state index contributed by atoms with van der Waals surface area (Å²) in [6.07, 6.45) is 1.34. The maximum Gasteiger partial charge on any atom is 0.330 e. The Balaban J connectivity index is 4.46. The fraction of sp³-hybridized carbons (Fsp3) is 0.643. The first-order valence-electron chi connectivity index (χ1n) is 6.82. The van der Waals surface area contributed by atoms with Gasteiger partial charge < -0.3 is 20.3 Å². The number of esters is 1. The van der Waals surface area contributed by atoms with E-state index in [-0.39, 0.29) is 25.4 Å². The fourth-order valence-electron chi connectivity index (χ4n) is 1.53. The van der Waals surface area contributed by atoms with Crippen molar-refractivity contribution in [2.45, 2.75) is 45.8 Å². The molecular formula is C14H23NO6. The minimum Gasteiger partial charge on any atom is -0.480 e. The molecule has 0 aliphatic rings. The number of aliphatic carboxylic acids is 1. The summed E-state index contributed by atoms with van der Waals surface area (Å²) >= 11 is 0. The van der Waals surface area contributed by atoms with Gasteiger partial charge in [-0.3, -0.25) is 4.79 Å². The summed E-state index contributed by atoms with van der Waals surface area (Å²) in [5.74, 6) is -2.44. The van der Waals surface area contributed by atoms with Gasteiger partial charge in [-0.15, -0.1) is 0 Å². The van der Waals surface area contributed by atoms with Crippen LogP contribution in [0.1, 0.15) is 33.6 Å². The number of nitrogens with one attached hydrogen (secondary N) is 1. The van der Waals surface area contributed by atoms with E-state index in [1.165, 1.54) is 6.08 Å². The van der Waals surface area contributed by atoms with E-state index in [0.29, 0.717) is 0 Å². The molecule has 0 unspecified atom stereocenters. The Labute approximate surface area is 124 Å². The molecule has 0 aliphatic heterocycles. The van der Waals surface area contributed by atoms with Gasteiger partial charge in [0.2, 0.25) is 5.91 Å². The van der Waals surface area contributed by atoms with Crippen LogP contribution in [0.4, 0.5) is 0 Å². The average molecular weight is 301 g/mol. The molecule has 0 fully saturated rings. The lowest BCUT2D eigenvalue weighted by atomic mass is 10.0. The van der Waals surface area contributed by atoms with E-state index >= 15 is 0 Å². The summed E-state index contributed by atoms with van der Waals surface area (Å²) in [7, 11) is 0. The van der Waals surface area contributed by atoms with Crippen molar-refractivity contribution in [3.05, 3.63) is 12.2 Å². The van der Waals surface area contributed by atoms with Gasteiger partial charge in [0, 0.05) is 6.08 Å². The lowest BCUT2D eigenvalue weighted by Crippen LogP contribution is -2.45. The fourth-order valence-corrected chi connectivity index (χ4v) is 1.53. The number of carboxylic acids is 1. The number of ether oxygens (including phenoxy) is 1. The first-order chi connectivity index (χ1) is 9.77. The molecule has 3 N–H and O–H groups in total. The molecule has 1 amide bonds. The molecule has 0 saturated heterocycles. The molecule has 0 heterocycles. The first kappa shape index (κ1) is 19.1. The van der Waals surface area contributed by atoms with Crippen LogP contribution >= 0.6 is 0 Å². The normalized spacial score (nSPS) is 14.0. The van der Waals surface area contributed by atoms with Crippen molar-refractivity contribution in [1.29, 1.82) is 0 Å². The van der Waals surface area contributed by atoms with Crippen LogP contribution in [0.15, 0.2) is 12.2 Å². The Morgan fingerprint density at radius 3 is 2.38 bits per heavy atom. The summed E-state index contributed by atoms with van der Waals surface area (Å²) in [4.78, 5) is 33.7. The van der Waals surface area contributed by atoms with E-state index in [1.807, 2.05) is 13.8 Å². The standard InChI is InChI=1S/C14H23NO6/c1-4-21-12(17)7-5-6-10(14(19)20)15-13(18)11(16)8-9(2)3/h5,7,9-11,16H,4,6,8H2,1-3H3,(H,15,18)(H,19,20)/b7-5+/t10-,11-/m0/s1. The van der Waals surface area contributed by atoms with Gasteiger partial charge in [-0.25, -0.2) is 9.59 Å². The molecule has 0 bridgehead atoms. The van der Waals surface area contributed by atoms with Gasteiger partial charge >= 0.3 is 11.9 Å². The van der Waals surface area contributed by atoms with Gasteiger partial charge in [-0.2, -0.15) is 0 Å². The molecule has 0 spiro atoms. The lowest BCUT2D eigenvalue weighted by molar-refractivity contribution is -0.143. The van der Waals surface area contributed by atoms with Crippen LogP contribution in [-0.4, -0.2) is 46.8 Å². The van der Waals surface area contributed by atoms with Crippen molar-refractivity contribution >= 4 is 17.8 Å². The number of carbonyl (C=O) groups excluding carboxylic acids is 2. The van der Waals surface area contributed by atoms with Crippen LogP contribution in [0.3, 0.4) is 0 Å². The van der Waals surface area contributed by atoms with Crippen LogP contribution in [0.5, 0.6) is 0 Å². The van der Waals surface area contributed by atoms with Crippen molar-refractivity contribution in [2.75, 3.05) is 6.61 Å². The predicted molar refractivity (Wildman–Crippen MR) is 75.4 cm³/mol. The molecule has 0 aromatic carbocycles. The first-order valence-corrected chi connectivity index (χ1v) is 6.82. The minimum atomic E-state index is -1.25.